The molecule has 3 aromatic carbocycles. The quantitative estimate of drug-likeness (QED) is 0.0127. The number of nitrogens with one attached hydrogen (secondary N) is 2. The highest BCUT2D eigenvalue weighted by Gasteiger charge is 2.28. The van der Waals surface area contributed by atoms with E-state index in [1.54, 1.807) is 119 Å². The lowest BCUT2D eigenvalue weighted by Gasteiger charge is -2.20. The fourth-order valence-electron chi connectivity index (χ4n) is 11.0. The summed E-state index contributed by atoms with van der Waals surface area (Å²) in [6, 6.07) is 16.7. The number of nitrogen functional groups attached to an aromatic ring is 6. The molecule has 22 N–H and O–H groups in total. The third-order valence-corrected chi connectivity index (χ3v) is 22.0. The van der Waals surface area contributed by atoms with E-state index in [4.69, 9.17) is 78.2 Å². The van der Waals surface area contributed by atoms with E-state index in [2.05, 4.69) is 70.4 Å². The molecule has 0 bridgehead atoms. The summed E-state index contributed by atoms with van der Waals surface area (Å²) in [6.45, 7) is 9.39. The Labute approximate surface area is 694 Å². The molecule has 0 radical (unpaired) electrons. The zero-order chi connectivity index (χ0) is 86.3. The number of hydrogen-bond donors (Lipinski definition) is 15. The fraction of sp³-hybridized carbons (Fsp3) is 0.432. The van der Waals surface area contributed by atoms with Crippen molar-refractivity contribution in [1.29, 1.82) is 0 Å². The molecule has 3 atom stereocenters. The zero-order valence-corrected chi connectivity index (χ0v) is 68.1. The number of amides is 2. The molecule has 9 aromatic rings. The minimum absolute atomic E-state index is 0. The minimum Gasteiger partial charge on any atom is -0.480 e. The number of fused-ring (bicyclic) bond motifs is 3. The molecule has 6 aromatic heterocycles. The van der Waals surface area contributed by atoms with Gasteiger partial charge in [0.15, 0.2) is 50.9 Å². The monoisotopic (exact) mass is 1730 g/mol. The molecule has 46 heteroatoms. The summed E-state index contributed by atoms with van der Waals surface area (Å²) < 4.78 is 56.2. The van der Waals surface area contributed by atoms with E-state index in [0.717, 1.165) is 17.1 Å². The number of hydrogen-bond acceptors (Lipinski definition) is 35. The molecule has 6 heterocycles. The molecule has 0 saturated heterocycles. The number of unbranched alkanes of at least 4 members (excludes halogenated alkanes) is 3. The first kappa shape index (κ1) is 103. The number of rotatable bonds is 40. The lowest BCUT2D eigenvalue weighted by Crippen LogP contribution is -2.40. The van der Waals surface area contributed by atoms with Crippen LogP contribution in [0.2, 0.25) is 0 Å². The van der Waals surface area contributed by atoms with Crippen molar-refractivity contribution in [2.24, 2.45) is 5.73 Å². The van der Waals surface area contributed by atoms with Gasteiger partial charge in [-0.1, -0.05) is 41.5 Å². The number of benzene rings is 3. The maximum absolute atomic E-state index is 12.8. The average Bonchev–Trinajstić information content (AvgIpc) is 0.816. The second-order valence-corrected chi connectivity index (χ2v) is 32.1. The number of anilines is 9. The first-order valence-electron chi connectivity index (χ1n) is 36.5. The molecule has 43 nitrogen and oxygen atoms in total. The molecule has 0 aliphatic carbocycles. The molecule has 2 amide bonds. The van der Waals surface area contributed by atoms with Gasteiger partial charge in [-0.05, 0) is 139 Å². The van der Waals surface area contributed by atoms with Crippen LogP contribution < -0.4 is 65.5 Å². The predicted molar refractivity (Wildman–Crippen MR) is 458 cm³/mol. The Kier molecular flexibility index (Phi) is 41.9. The van der Waals surface area contributed by atoms with Crippen LogP contribution in [0, 0.1) is 0 Å². The maximum Gasteiger partial charge on any atom is 0.335 e. The van der Waals surface area contributed by atoms with Gasteiger partial charge in [0.05, 0.1) is 99.6 Å². The number of carbonyl (C=O) groups is 6. The van der Waals surface area contributed by atoms with Crippen LogP contribution >= 0.6 is 22.8 Å². The molecule has 0 aliphatic rings. The fourth-order valence-corrected chi connectivity index (χ4v) is 15.1. The minimum atomic E-state index is -4.14. The van der Waals surface area contributed by atoms with Crippen molar-refractivity contribution in [1.82, 2.24) is 70.4 Å². The number of nitrogens with zero attached hydrogens (tertiary/aromatic N) is 15. The zero-order valence-electron chi connectivity index (χ0n) is 65.4. The average molecular weight is 1730 g/mol. The second-order valence-electron chi connectivity index (χ2n) is 25.9. The highest BCUT2D eigenvalue weighted by molar-refractivity contribution is 7.54. The van der Waals surface area contributed by atoms with Crippen molar-refractivity contribution in [2.75, 3.05) is 115 Å². The third-order valence-electron chi connectivity index (χ3n) is 16.8. The van der Waals surface area contributed by atoms with E-state index in [0.29, 0.717) is 127 Å². The molecule has 0 aliphatic heterocycles. The van der Waals surface area contributed by atoms with Crippen LogP contribution in [0.3, 0.4) is 0 Å². The predicted octanol–water partition coefficient (Wildman–Crippen LogP) is 8.25. The van der Waals surface area contributed by atoms with Crippen molar-refractivity contribution in [3.8, 4) is 0 Å². The van der Waals surface area contributed by atoms with Gasteiger partial charge in [0, 0.05) is 55.5 Å². The van der Waals surface area contributed by atoms with Crippen LogP contribution in [0.4, 0.5) is 52.4 Å². The molecule has 0 spiro atoms. The lowest BCUT2D eigenvalue weighted by atomic mass is 10.1. The van der Waals surface area contributed by atoms with Crippen LogP contribution in [0.1, 0.15) is 156 Å². The van der Waals surface area contributed by atoms with Crippen LogP contribution in [0.5, 0.6) is 0 Å². The largest absolute Gasteiger partial charge is 0.480 e. The number of aromatic nitrogens is 12. The Balaban J connectivity index is 0.000000428. The smallest absolute Gasteiger partial charge is 0.335 e. The Morgan fingerprint density at radius 2 is 0.692 bits per heavy atom. The van der Waals surface area contributed by atoms with Gasteiger partial charge in [-0.3, -0.25) is 28.1 Å². The van der Waals surface area contributed by atoms with Gasteiger partial charge >= 0.3 is 46.7 Å². The highest BCUT2D eigenvalue weighted by Crippen LogP contribution is 2.50. The molecule has 0 unspecified atom stereocenters. The Bertz CT molecular complexity index is 4990. The summed E-state index contributed by atoms with van der Waals surface area (Å²) in [4.78, 5) is 143. The third kappa shape index (κ3) is 32.9. The Hall–Kier alpha value is -11.7. The number of carboxylic acids is 4. The van der Waals surface area contributed by atoms with Crippen molar-refractivity contribution in [3.63, 3.8) is 0 Å². The standard InChI is InChI=1S/C25H35N8O6P.C21H27N8O6P.C15H15N7O2.C10H22NO5P.3CH4/c1-4-38-40(37,39-5-2)13-7-6-8-19(24(35)36)30-23(34)16-9-11-18(12-10-16)33(3)15-17-14-28-22-20(29-17)21(26)31-25(27)32-22;1-29(11-13-10-24-18-16(25-13)17(22)27-21(23)28-18)14-7-5-12(6-8-14)19(30)26-15(20(31)32)4-2-3-9-36(33,34)35;1-22(10-4-2-8(3-5-10)14(23)24)7-9-6-18-13-11(19-9)12(16)20-15(17)21-13;1-3-15-17(14,16-4-2)8-6-5-7-9(11)10(12)13;;;/h9-12,14,19H,4-8,13,15H2,1-3H3,(H,30,34)(H,35,36)(H4,26,27,28,31,32);5-8,10,15H,2-4,9,11H2,1H3,(H,26,30)(H,31,32)(H2,33,34,35)(H4,22,23,24,27,28);2-6H,7H2,1H3,(H,23,24)(H4,16,17,18,20,21);9H,3-8,11H2,1-2H3,(H,12,13);3*1H4/t19-;15-;;9-;;;/m00.0.../s1. The number of nitrogens with two attached hydrogens (primary N) is 7. The second kappa shape index (κ2) is 49.0. The van der Waals surface area contributed by atoms with Crippen LogP contribution in [0.15, 0.2) is 91.4 Å². The van der Waals surface area contributed by atoms with Crippen LogP contribution in [-0.2, 0) is 65.8 Å². The van der Waals surface area contributed by atoms with E-state index in [1.807, 2.05) is 35.8 Å². The van der Waals surface area contributed by atoms with Gasteiger partial charge in [0.1, 0.15) is 18.1 Å². The SMILES string of the molecule is C.C.C.CCOP(=O)(CCCC[C@H](N)C(=O)O)OCC.CCOP(=O)(CCCC[C@H](NC(=O)c1ccc(N(C)Cc2cnc3nc(N)nc(N)c3n2)cc1)C(=O)O)OCC.CN(Cc1cnc2nc(N)nc(N)c2n1)c1ccc(C(=O)N[C@@H](CCCCP(=O)(O)O)C(=O)O)cc1.CN(Cc1cnc2nc(N)nc(N)c2n1)c1ccc(C(=O)O)cc1. The lowest BCUT2D eigenvalue weighted by molar-refractivity contribution is -0.140. The van der Waals surface area contributed by atoms with Gasteiger partial charge in [-0.25, -0.2) is 44.3 Å². The first-order valence-corrected chi connectivity index (χ1v) is 41.8. The number of aromatic carboxylic acids is 1. The van der Waals surface area contributed by atoms with Crippen molar-refractivity contribution < 1.29 is 90.8 Å². The summed E-state index contributed by atoms with van der Waals surface area (Å²) in [5, 5.41) is 41.5. The summed E-state index contributed by atoms with van der Waals surface area (Å²) in [6.07, 6.45) is 7.92. The molecular formula is C74H111N24O19P3. The van der Waals surface area contributed by atoms with Gasteiger partial charge in [-0.2, -0.15) is 29.9 Å². The van der Waals surface area contributed by atoms with E-state index in [1.165, 1.54) is 0 Å². The summed E-state index contributed by atoms with van der Waals surface area (Å²) >= 11 is 0. The number of carbonyl (C=O) groups excluding carboxylic acids is 2. The van der Waals surface area contributed by atoms with Crippen LogP contribution in [0.25, 0.3) is 33.5 Å². The Morgan fingerprint density at radius 1 is 0.408 bits per heavy atom. The van der Waals surface area contributed by atoms with Crippen LogP contribution in [-0.4, -0.2) is 210 Å². The van der Waals surface area contributed by atoms with Crippen molar-refractivity contribution in [2.45, 2.75) is 146 Å². The van der Waals surface area contributed by atoms with E-state index in [9.17, 15) is 52.7 Å². The molecule has 656 valence electrons. The highest BCUT2D eigenvalue weighted by atomic mass is 31.2. The first-order chi connectivity index (χ1) is 55.4. The molecule has 0 saturated carbocycles. The summed E-state index contributed by atoms with van der Waals surface area (Å²) in [5.41, 5.74) is 46.8. The maximum atomic E-state index is 12.8. The van der Waals surface area contributed by atoms with Crippen molar-refractivity contribution in [3.05, 3.63) is 125 Å². The molecule has 120 heavy (non-hydrogen) atoms. The summed E-state index contributed by atoms with van der Waals surface area (Å²) in [7, 11) is -4.78. The topological polar surface area (TPSA) is 683 Å². The normalized spacial score (nSPS) is 11.8. The van der Waals surface area contributed by atoms with Gasteiger partial charge in [-0.15, -0.1) is 0 Å². The summed E-state index contributed by atoms with van der Waals surface area (Å²) in [5.74, 6) is -4.87. The van der Waals surface area contributed by atoms with Crippen molar-refractivity contribution >= 4 is 144 Å². The molecule has 0 fully saturated rings. The number of carboxylic acid groups (broad SMARTS) is 4. The molecular weight excluding hydrogens is 1620 g/mol. The van der Waals surface area contributed by atoms with Gasteiger partial charge in [0.2, 0.25) is 17.8 Å². The Morgan fingerprint density at radius 3 is 0.958 bits per heavy atom. The van der Waals surface area contributed by atoms with E-state index in [-0.39, 0.29) is 120 Å². The van der Waals surface area contributed by atoms with E-state index >= 15 is 0 Å². The van der Waals surface area contributed by atoms with Gasteiger partial charge in [0.25, 0.3) is 11.8 Å². The van der Waals surface area contributed by atoms with Gasteiger partial charge < -0.3 is 114 Å². The molecule has 9 rings (SSSR count). The number of aliphatic carboxylic acids is 3. The van der Waals surface area contributed by atoms with E-state index < -0.39 is 76.6 Å².